The van der Waals surface area contributed by atoms with Gasteiger partial charge in [0.15, 0.2) is 0 Å². The Morgan fingerprint density at radius 1 is 1.36 bits per heavy atom. The van der Waals surface area contributed by atoms with Gasteiger partial charge in [0.2, 0.25) is 0 Å². The van der Waals surface area contributed by atoms with Crippen LogP contribution in [0.5, 0.6) is 0 Å². The van der Waals surface area contributed by atoms with E-state index in [9.17, 15) is 0 Å². The van der Waals surface area contributed by atoms with Gasteiger partial charge in [0, 0.05) is 12.1 Å². The number of hydrazine groups is 1. The van der Waals surface area contributed by atoms with Gasteiger partial charge in [-0.15, -0.1) is 0 Å². The monoisotopic (exact) mass is 300 g/mol. The quantitative estimate of drug-likeness (QED) is 0.667. The molecule has 2 rings (SSSR count). The first-order chi connectivity index (χ1) is 6.81. The average molecular weight is 300 g/mol. The van der Waals surface area contributed by atoms with Gasteiger partial charge in [-0.3, -0.25) is 10.4 Å². The maximum absolute atomic E-state index is 3.35. The number of nitrogens with zero attached hydrogens (tertiary/aromatic N) is 1. The highest BCUT2D eigenvalue weighted by molar-refractivity contribution is 14.1. The van der Waals surface area contributed by atoms with E-state index in [1.165, 1.54) is 15.0 Å². The Bertz CT molecular complexity index is 360. The van der Waals surface area contributed by atoms with Gasteiger partial charge in [0.25, 0.3) is 0 Å². The minimum absolute atomic E-state index is 1.04. The van der Waals surface area contributed by atoms with Gasteiger partial charge >= 0.3 is 0 Å². The van der Waals surface area contributed by atoms with Gasteiger partial charge in [0.05, 0.1) is 9.39 Å². The van der Waals surface area contributed by atoms with E-state index in [1.54, 1.807) is 0 Å². The normalized spacial score (nSPS) is 14.4. The molecule has 0 unspecified atom stereocenters. The van der Waals surface area contributed by atoms with E-state index in [0.29, 0.717) is 0 Å². The van der Waals surface area contributed by atoms with Gasteiger partial charge in [-0.25, -0.2) is 0 Å². The molecule has 1 aliphatic rings. The van der Waals surface area contributed by atoms with Crippen LogP contribution in [0, 0.1) is 0 Å². The second-order valence-electron chi connectivity index (χ2n) is 3.31. The van der Waals surface area contributed by atoms with E-state index >= 15 is 0 Å². The highest BCUT2D eigenvalue weighted by Crippen LogP contribution is 2.27. The lowest BCUT2D eigenvalue weighted by atomic mass is 10.1. The van der Waals surface area contributed by atoms with Crippen LogP contribution in [0.2, 0.25) is 0 Å². The van der Waals surface area contributed by atoms with Crippen molar-refractivity contribution >= 4 is 34.4 Å². The number of hydrogen-bond donors (Lipinski definition) is 1. The highest BCUT2D eigenvalue weighted by Gasteiger charge is 2.13. The van der Waals surface area contributed by atoms with E-state index in [1.807, 2.05) is 0 Å². The first kappa shape index (κ1) is 9.83. The third-order valence-corrected chi connectivity index (χ3v) is 2.75. The van der Waals surface area contributed by atoms with Crippen LogP contribution in [0.1, 0.15) is 18.9 Å². The number of benzene rings is 1. The molecular formula is C11H13IN2. The van der Waals surface area contributed by atoms with Gasteiger partial charge in [-0.1, -0.05) is 25.1 Å². The molecule has 0 saturated carbocycles. The number of fused-ring (bicyclic) bond motifs is 1. The van der Waals surface area contributed by atoms with Gasteiger partial charge in [-0.2, -0.15) is 0 Å². The third-order valence-electron chi connectivity index (χ3n) is 2.20. The lowest BCUT2D eigenvalue weighted by molar-refractivity contribution is 0.707. The number of rotatable bonds is 2. The van der Waals surface area contributed by atoms with Crippen LogP contribution in [0.25, 0.3) is 6.08 Å². The first-order valence-corrected chi connectivity index (χ1v) is 5.89. The molecule has 74 valence electrons. The zero-order chi connectivity index (χ0) is 9.97. The summed E-state index contributed by atoms with van der Waals surface area (Å²) >= 11 is 2.32. The summed E-state index contributed by atoms with van der Waals surface area (Å²) in [6.45, 7) is 3.23. The standard InChI is InChI=1S/C11H13IN2/c1-2-7-14-10-6-4-3-5-9(10)8-11(12)13-14/h3-6,8,13H,2,7H2,1H3. The Morgan fingerprint density at radius 3 is 2.93 bits per heavy atom. The van der Waals surface area contributed by atoms with Crippen molar-refractivity contribution in [1.29, 1.82) is 0 Å². The fourth-order valence-electron chi connectivity index (χ4n) is 1.61. The van der Waals surface area contributed by atoms with E-state index in [2.05, 4.69) is 70.3 Å². The smallest absolute Gasteiger partial charge is 0.0928 e. The Hall–Kier alpha value is -0.710. The second kappa shape index (κ2) is 4.21. The molecule has 3 heteroatoms. The summed E-state index contributed by atoms with van der Waals surface area (Å²) in [6.07, 6.45) is 3.31. The van der Waals surface area contributed by atoms with Crippen molar-refractivity contribution in [3.63, 3.8) is 0 Å². The average Bonchev–Trinajstić information content (AvgIpc) is 2.18. The molecule has 0 bridgehead atoms. The topological polar surface area (TPSA) is 15.3 Å². The zero-order valence-corrected chi connectivity index (χ0v) is 10.3. The van der Waals surface area contributed by atoms with E-state index in [-0.39, 0.29) is 0 Å². The maximum Gasteiger partial charge on any atom is 0.0928 e. The van der Waals surface area contributed by atoms with Crippen molar-refractivity contribution < 1.29 is 0 Å². The highest BCUT2D eigenvalue weighted by atomic mass is 127. The van der Waals surface area contributed by atoms with Crippen molar-refractivity contribution in [1.82, 2.24) is 5.43 Å². The molecule has 1 aromatic carbocycles. The Kier molecular flexibility index (Phi) is 2.96. The molecule has 1 N–H and O–H groups in total. The lowest BCUT2D eigenvalue weighted by Gasteiger charge is -2.30. The molecule has 2 nitrogen and oxygen atoms in total. The zero-order valence-electron chi connectivity index (χ0n) is 8.13. The summed E-state index contributed by atoms with van der Waals surface area (Å²) in [5.74, 6) is 0. The molecule has 0 aromatic heterocycles. The van der Waals surface area contributed by atoms with Gasteiger partial charge < -0.3 is 0 Å². The molecule has 0 aliphatic carbocycles. The van der Waals surface area contributed by atoms with Gasteiger partial charge in [-0.05, 0) is 41.2 Å². The van der Waals surface area contributed by atoms with Crippen molar-refractivity contribution in [2.75, 3.05) is 11.6 Å². The van der Waals surface area contributed by atoms with Crippen molar-refractivity contribution in [2.45, 2.75) is 13.3 Å². The summed E-state index contributed by atoms with van der Waals surface area (Å²) in [7, 11) is 0. The van der Waals surface area contributed by atoms with Crippen LogP contribution in [0.4, 0.5) is 5.69 Å². The molecule has 1 heterocycles. The molecule has 0 atom stereocenters. The number of anilines is 1. The van der Waals surface area contributed by atoms with Gasteiger partial charge in [0.1, 0.15) is 0 Å². The van der Waals surface area contributed by atoms with Crippen LogP contribution in [-0.2, 0) is 0 Å². The largest absolute Gasteiger partial charge is 0.292 e. The molecule has 0 fully saturated rings. The fraction of sp³-hybridized carbons (Fsp3) is 0.273. The summed E-state index contributed by atoms with van der Waals surface area (Å²) in [5, 5.41) is 2.21. The fourth-order valence-corrected chi connectivity index (χ4v) is 2.24. The van der Waals surface area contributed by atoms with E-state index in [0.717, 1.165) is 13.0 Å². The van der Waals surface area contributed by atoms with Crippen molar-refractivity contribution in [3.8, 4) is 0 Å². The van der Waals surface area contributed by atoms with E-state index in [4.69, 9.17) is 0 Å². The SMILES string of the molecule is CCCN1NC(I)=Cc2ccccc21. The number of hydrogen-bond acceptors (Lipinski definition) is 2. The lowest BCUT2D eigenvalue weighted by Crippen LogP contribution is -2.38. The third kappa shape index (κ3) is 1.87. The minimum atomic E-state index is 1.04. The minimum Gasteiger partial charge on any atom is -0.292 e. The molecule has 1 aromatic rings. The van der Waals surface area contributed by atoms with Crippen molar-refractivity contribution in [3.05, 3.63) is 33.5 Å². The molecule has 14 heavy (non-hydrogen) atoms. The number of halogens is 1. The van der Waals surface area contributed by atoms with Crippen LogP contribution >= 0.6 is 22.6 Å². The van der Waals surface area contributed by atoms with Crippen LogP contribution < -0.4 is 10.4 Å². The summed E-state index contributed by atoms with van der Waals surface area (Å²) in [6, 6.07) is 8.46. The molecule has 1 aliphatic heterocycles. The summed E-state index contributed by atoms with van der Waals surface area (Å²) < 4.78 is 1.18. The number of para-hydroxylation sites is 1. The Balaban J connectivity index is 2.37. The predicted octanol–water partition coefficient (Wildman–Crippen LogP) is 3.15. The Morgan fingerprint density at radius 2 is 2.14 bits per heavy atom. The summed E-state index contributed by atoms with van der Waals surface area (Å²) in [5.41, 5.74) is 5.92. The van der Waals surface area contributed by atoms with Crippen LogP contribution in [0.3, 0.4) is 0 Å². The molecular weight excluding hydrogens is 287 g/mol. The van der Waals surface area contributed by atoms with Crippen LogP contribution in [0.15, 0.2) is 28.0 Å². The molecule has 0 amide bonds. The van der Waals surface area contributed by atoms with Crippen LogP contribution in [-0.4, -0.2) is 6.54 Å². The maximum atomic E-state index is 3.35. The summed E-state index contributed by atoms with van der Waals surface area (Å²) in [4.78, 5) is 0. The molecule has 0 spiro atoms. The molecule has 0 saturated heterocycles. The molecule has 0 radical (unpaired) electrons. The number of nitrogens with one attached hydrogen (secondary N) is 1. The van der Waals surface area contributed by atoms with E-state index < -0.39 is 0 Å². The Labute approximate surface area is 98.1 Å². The second-order valence-corrected chi connectivity index (χ2v) is 4.48. The predicted molar refractivity (Wildman–Crippen MR) is 69.2 cm³/mol. The first-order valence-electron chi connectivity index (χ1n) is 4.81. The van der Waals surface area contributed by atoms with Crippen molar-refractivity contribution in [2.24, 2.45) is 0 Å².